The highest BCUT2D eigenvalue weighted by atomic mass is 35.5. The minimum Gasteiger partial charge on any atom is -0.337 e. The van der Waals surface area contributed by atoms with Crippen molar-refractivity contribution in [2.75, 3.05) is 0 Å². The van der Waals surface area contributed by atoms with E-state index in [1.807, 2.05) is 6.92 Å². The Morgan fingerprint density at radius 3 is 2.68 bits per heavy atom. The topological polar surface area (TPSA) is 56.7 Å². The van der Waals surface area contributed by atoms with Crippen LogP contribution < -0.4 is 0 Å². The number of nitrogens with zero attached hydrogens (tertiary/aromatic N) is 4. The van der Waals surface area contributed by atoms with Gasteiger partial charge in [-0.15, -0.1) is 0 Å². The molecule has 1 unspecified atom stereocenters. The largest absolute Gasteiger partial charge is 0.337 e. The molecule has 0 amide bonds. The first-order valence-electron chi connectivity index (χ1n) is 6.57. The minimum absolute atomic E-state index is 0.181. The van der Waals surface area contributed by atoms with E-state index in [4.69, 9.17) is 39.3 Å². The Balaban J connectivity index is 1.95. The Hall–Kier alpha value is -1.56. The third-order valence-corrected chi connectivity index (χ3v) is 3.92. The Morgan fingerprint density at radius 1 is 1.23 bits per heavy atom. The van der Waals surface area contributed by atoms with Crippen LogP contribution in [0.3, 0.4) is 0 Å². The van der Waals surface area contributed by atoms with Gasteiger partial charge >= 0.3 is 0 Å². The maximum absolute atomic E-state index is 6.17. The number of benzene rings is 1. The molecule has 0 saturated carbocycles. The summed E-state index contributed by atoms with van der Waals surface area (Å²) < 4.78 is 7.06. The molecule has 1 aromatic carbocycles. The van der Waals surface area contributed by atoms with Crippen molar-refractivity contribution in [3.8, 4) is 11.4 Å². The molecule has 0 bridgehead atoms. The molecule has 0 aliphatic rings. The molecule has 8 heteroatoms. The predicted octanol–water partition coefficient (Wildman–Crippen LogP) is 4.89. The summed E-state index contributed by atoms with van der Waals surface area (Å²) in [6.45, 7) is 2.00. The molecule has 1 atom stereocenters. The molecular weight excluding hydrogens is 347 g/mol. The molecule has 3 aromatic rings. The summed E-state index contributed by atoms with van der Waals surface area (Å²) in [6, 6.07) is 4.94. The average molecular weight is 358 g/mol. The number of aromatic nitrogens is 4. The summed E-state index contributed by atoms with van der Waals surface area (Å²) >= 11 is 18.0. The van der Waals surface area contributed by atoms with E-state index in [-0.39, 0.29) is 6.04 Å². The standard InChI is InChI=1S/C14H11Cl3N4O/c1-2-12(21-7-9(16)6-18-21)14-19-13(20-22-14)10-4-3-8(15)5-11(10)17/h3-7,12H,2H2,1H3. The van der Waals surface area contributed by atoms with Crippen LogP contribution in [0.5, 0.6) is 0 Å². The van der Waals surface area contributed by atoms with Crippen LogP contribution >= 0.6 is 34.8 Å². The lowest BCUT2D eigenvalue weighted by Crippen LogP contribution is -2.10. The predicted molar refractivity (Wildman–Crippen MR) is 85.4 cm³/mol. The van der Waals surface area contributed by atoms with Crippen molar-refractivity contribution in [2.24, 2.45) is 0 Å². The molecule has 0 radical (unpaired) electrons. The SMILES string of the molecule is CCC(c1nc(-c2ccc(Cl)cc2Cl)no1)n1cc(Cl)cn1. The van der Waals surface area contributed by atoms with Gasteiger partial charge in [0.2, 0.25) is 5.82 Å². The highest BCUT2D eigenvalue weighted by Crippen LogP contribution is 2.30. The Morgan fingerprint density at radius 2 is 2.05 bits per heavy atom. The van der Waals surface area contributed by atoms with Gasteiger partial charge in [0.15, 0.2) is 0 Å². The molecule has 0 aliphatic heterocycles. The second-order valence-corrected chi connectivity index (χ2v) is 5.92. The fraction of sp³-hybridized carbons (Fsp3) is 0.214. The van der Waals surface area contributed by atoms with Crippen LogP contribution in [-0.4, -0.2) is 19.9 Å². The van der Waals surface area contributed by atoms with E-state index in [9.17, 15) is 0 Å². The second kappa shape index (κ2) is 6.28. The molecule has 114 valence electrons. The Labute approximate surface area is 141 Å². The van der Waals surface area contributed by atoms with Crippen molar-refractivity contribution in [1.82, 2.24) is 19.9 Å². The zero-order chi connectivity index (χ0) is 15.7. The van der Waals surface area contributed by atoms with Crippen molar-refractivity contribution in [1.29, 1.82) is 0 Å². The summed E-state index contributed by atoms with van der Waals surface area (Å²) in [5, 5.41) is 9.75. The number of rotatable bonds is 4. The average Bonchev–Trinajstić information content (AvgIpc) is 3.10. The molecule has 0 spiro atoms. The van der Waals surface area contributed by atoms with E-state index in [0.717, 1.165) is 6.42 Å². The molecule has 0 aliphatic carbocycles. The van der Waals surface area contributed by atoms with Gasteiger partial charge < -0.3 is 4.52 Å². The molecule has 0 N–H and O–H groups in total. The number of hydrogen-bond donors (Lipinski definition) is 0. The van der Waals surface area contributed by atoms with Crippen molar-refractivity contribution < 1.29 is 4.52 Å². The van der Waals surface area contributed by atoms with Gasteiger partial charge in [-0.25, -0.2) is 0 Å². The van der Waals surface area contributed by atoms with Crippen LogP contribution in [0.2, 0.25) is 15.1 Å². The first-order chi connectivity index (χ1) is 10.6. The quantitative estimate of drug-likeness (QED) is 0.667. The molecule has 2 heterocycles. The maximum Gasteiger partial charge on any atom is 0.251 e. The maximum atomic E-state index is 6.17. The smallest absolute Gasteiger partial charge is 0.251 e. The monoisotopic (exact) mass is 356 g/mol. The molecule has 22 heavy (non-hydrogen) atoms. The van der Waals surface area contributed by atoms with Gasteiger partial charge in [-0.3, -0.25) is 4.68 Å². The van der Waals surface area contributed by atoms with Gasteiger partial charge in [-0.05, 0) is 24.6 Å². The Bertz CT molecular complexity index is 799. The highest BCUT2D eigenvalue weighted by Gasteiger charge is 2.21. The van der Waals surface area contributed by atoms with Crippen LogP contribution in [-0.2, 0) is 0 Å². The normalized spacial score (nSPS) is 12.5. The highest BCUT2D eigenvalue weighted by molar-refractivity contribution is 6.36. The van der Waals surface area contributed by atoms with Crippen LogP contribution in [0, 0.1) is 0 Å². The minimum atomic E-state index is -0.181. The zero-order valence-electron chi connectivity index (χ0n) is 11.5. The molecule has 0 saturated heterocycles. The summed E-state index contributed by atoms with van der Waals surface area (Å²) in [4.78, 5) is 4.42. The van der Waals surface area contributed by atoms with Crippen LogP contribution in [0.15, 0.2) is 35.1 Å². The van der Waals surface area contributed by atoms with Gasteiger partial charge in [0.05, 0.1) is 16.2 Å². The Kier molecular flexibility index (Phi) is 4.38. The summed E-state index contributed by atoms with van der Waals surface area (Å²) in [5.74, 6) is 0.858. The molecule has 0 fully saturated rings. The molecule has 3 rings (SSSR count). The van der Waals surface area contributed by atoms with Gasteiger partial charge in [0, 0.05) is 16.8 Å². The van der Waals surface area contributed by atoms with E-state index in [1.54, 1.807) is 35.3 Å². The van der Waals surface area contributed by atoms with Crippen LogP contribution in [0.1, 0.15) is 25.3 Å². The zero-order valence-corrected chi connectivity index (χ0v) is 13.8. The first kappa shape index (κ1) is 15.3. The lowest BCUT2D eigenvalue weighted by molar-refractivity contribution is 0.321. The van der Waals surface area contributed by atoms with Crippen molar-refractivity contribution in [2.45, 2.75) is 19.4 Å². The fourth-order valence-corrected chi connectivity index (χ4v) is 2.75. The van der Waals surface area contributed by atoms with Gasteiger partial charge in [-0.2, -0.15) is 10.1 Å². The van der Waals surface area contributed by atoms with Gasteiger partial charge in [0.25, 0.3) is 5.89 Å². The lowest BCUT2D eigenvalue weighted by atomic mass is 10.2. The summed E-state index contributed by atoms with van der Waals surface area (Å²) in [7, 11) is 0. The molecular formula is C14H11Cl3N4O. The van der Waals surface area contributed by atoms with E-state index in [2.05, 4.69) is 15.2 Å². The van der Waals surface area contributed by atoms with Crippen molar-refractivity contribution in [3.05, 3.63) is 51.6 Å². The van der Waals surface area contributed by atoms with Crippen LogP contribution in [0.25, 0.3) is 11.4 Å². The van der Waals surface area contributed by atoms with Gasteiger partial charge in [-0.1, -0.05) is 46.9 Å². The number of hydrogen-bond acceptors (Lipinski definition) is 4. The van der Waals surface area contributed by atoms with E-state index >= 15 is 0 Å². The van der Waals surface area contributed by atoms with E-state index < -0.39 is 0 Å². The van der Waals surface area contributed by atoms with Crippen LogP contribution in [0.4, 0.5) is 0 Å². The third kappa shape index (κ3) is 2.97. The summed E-state index contributed by atoms with van der Waals surface area (Å²) in [5.41, 5.74) is 0.661. The summed E-state index contributed by atoms with van der Waals surface area (Å²) in [6.07, 6.45) is 4.01. The third-order valence-electron chi connectivity index (χ3n) is 3.17. The number of halogens is 3. The van der Waals surface area contributed by atoms with Gasteiger partial charge in [0.1, 0.15) is 6.04 Å². The molecule has 2 aromatic heterocycles. The second-order valence-electron chi connectivity index (χ2n) is 4.64. The fourth-order valence-electron chi connectivity index (χ4n) is 2.11. The lowest BCUT2D eigenvalue weighted by Gasteiger charge is -2.09. The van der Waals surface area contributed by atoms with Crippen molar-refractivity contribution >= 4 is 34.8 Å². The van der Waals surface area contributed by atoms with Crippen molar-refractivity contribution in [3.63, 3.8) is 0 Å². The molecule has 5 nitrogen and oxygen atoms in total. The van der Waals surface area contributed by atoms with E-state index in [0.29, 0.717) is 32.3 Å². The van der Waals surface area contributed by atoms with E-state index in [1.165, 1.54) is 0 Å². The first-order valence-corrected chi connectivity index (χ1v) is 7.70.